The molecule has 0 spiro atoms. The monoisotopic (exact) mass is 330 g/mol. The number of rotatable bonds is 6. The zero-order chi connectivity index (χ0) is 17.0. The molecule has 1 atom stereocenters. The molecule has 1 aliphatic carbocycles. The Morgan fingerprint density at radius 2 is 2.00 bits per heavy atom. The Morgan fingerprint density at radius 1 is 1.29 bits per heavy atom. The molecule has 24 heavy (non-hydrogen) atoms. The maximum atomic E-state index is 12.0. The molecule has 1 aromatic carbocycles. The molecule has 3 rings (SSSR count). The quantitative estimate of drug-likeness (QED) is 0.843. The van der Waals surface area contributed by atoms with E-state index in [4.69, 9.17) is 0 Å². The minimum atomic E-state index is -0.603. The van der Waals surface area contributed by atoms with E-state index in [-0.39, 0.29) is 11.9 Å². The van der Waals surface area contributed by atoms with Gasteiger partial charge in [-0.1, -0.05) is 37.3 Å². The Bertz CT molecular complexity index is 538. The minimum Gasteiger partial charge on any atom is -0.389 e. The summed E-state index contributed by atoms with van der Waals surface area (Å²) in [5.74, 6) is 0.973. The molecule has 1 aliphatic heterocycles. The van der Waals surface area contributed by atoms with Crippen molar-refractivity contribution in [3.8, 4) is 0 Å². The van der Waals surface area contributed by atoms with Gasteiger partial charge in [0.15, 0.2) is 0 Å². The Hall–Kier alpha value is -1.39. The highest BCUT2D eigenvalue weighted by atomic mass is 16.3. The van der Waals surface area contributed by atoms with Gasteiger partial charge in [-0.25, -0.2) is 0 Å². The van der Waals surface area contributed by atoms with Crippen molar-refractivity contribution in [1.29, 1.82) is 0 Å². The second kappa shape index (κ2) is 7.66. The van der Waals surface area contributed by atoms with E-state index < -0.39 is 5.60 Å². The van der Waals surface area contributed by atoms with Crippen molar-refractivity contribution in [3.05, 3.63) is 35.9 Å². The molecule has 0 radical (unpaired) electrons. The predicted molar refractivity (Wildman–Crippen MR) is 95.6 cm³/mol. The van der Waals surface area contributed by atoms with Crippen molar-refractivity contribution in [2.75, 3.05) is 19.6 Å². The number of amides is 1. The second-order valence-electron chi connectivity index (χ2n) is 7.69. The molecule has 4 heteroatoms. The summed E-state index contributed by atoms with van der Waals surface area (Å²) in [4.78, 5) is 14.0. The lowest BCUT2D eigenvalue weighted by Gasteiger charge is -2.37. The average Bonchev–Trinajstić information content (AvgIpc) is 3.00. The zero-order valence-electron chi connectivity index (χ0n) is 14.7. The fourth-order valence-corrected chi connectivity index (χ4v) is 3.88. The van der Waals surface area contributed by atoms with Crippen molar-refractivity contribution >= 4 is 5.91 Å². The summed E-state index contributed by atoms with van der Waals surface area (Å²) in [6.45, 7) is 4.40. The molecule has 1 saturated heterocycles. The van der Waals surface area contributed by atoms with Crippen molar-refractivity contribution in [1.82, 2.24) is 10.2 Å². The Balaban J connectivity index is 1.65. The SMILES string of the molecule is CC1CCC(O)(CNC(CN2CCCC2=O)c2ccccc2)CC1. The molecule has 2 aliphatic rings. The van der Waals surface area contributed by atoms with Crippen LogP contribution < -0.4 is 5.32 Å². The number of benzene rings is 1. The first-order valence-electron chi connectivity index (χ1n) is 9.34. The van der Waals surface area contributed by atoms with E-state index in [1.165, 1.54) is 5.56 Å². The fourth-order valence-electron chi connectivity index (χ4n) is 3.88. The Labute approximate surface area is 145 Å². The first-order valence-corrected chi connectivity index (χ1v) is 9.34. The first kappa shape index (κ1) is 17.4. The summed E-state index contributed by atoms with van der Waals surface area (Å²) in [5.41, 5.74) is 0.583. The van der Waals surface area contributed by atoms with Crippen molar-refractivity contribution in [2.45, 2.75) is 57.1 Å². The van der Waals surface area contributed by atoms with Crippen LogP contribution in [0, 0.1) is 5.92 Å². The minimum absolute atomic E-state index is 0.0802. The molecule has 0 aromatic heterocycles. The lowest BCUT2D eigenvalue weighted by molar-refractivity contribution is -0.128. The summed E-state index contributed by atoms with van der Waals surface area (Å²) < 4.78 is 0. The number of nitrogens with one attached hydrogen (secondary N) is 1. The van der Waals surface area contributed by atoms with E-state index in [1.54, 1.807) is 0 Å². The van der Waals surface area contributed by atoms with Crippen molar-refractivity contribution in [2.24, 2.45) is 5.92 Å². The third-order valence-corrected chi connectivity index (χ3v) is 5.66. The summed E-state index contributed by atoms with van der Waals surface area (Å²) in [7, 11) is 0. The van der Waals surface area contributed by atoms with E-state index in [1.807, 2.05) is 23.1 Å². The summed E-state index contributed by atoms with van der Waals surface area (Å²) >= 11 is 0. The van der Waals surface area contributed by atoms with Gasteiger partial charge in [0.1, 0.15) is 0 Å². The highest BCUT2D eigenvalue weighted by Crippen LogP contribution is 2.32. The van der Waals surface area contributed by atoms with Gasteiger partial charge >= 0.3 is 0 Å². The van der Waals surface area contributed by atoms with E-state index in [0.717, 1.165) is 44.6 Å². The zero-order valence-corrected chi connectivity index (χ0v) is 14.7. The molecule has 1 amide bonds. The molecule has 4 nitrogen and oxygen atoms in total. The maximum Gasteiger partial charge on any atom is 0.222 e. The van der Waals surface area contributed by atoms with Crippen LogP contribution in [0.25, 0.3) is 0 Å². The Kier molecular flexibility index (Phi) is 5.57. The normalized spacial score (nSPS) is 29.0. The largest absolute Gasteiger partial charge is 0.389 e. The molecular weight excluding hydrogens is 300 g/mol. The van der Waals surface area contributed by atoms with Crippen LogP contribution in [-0.2, 0) is 4.79 Å². The smallest absolute Gasteiger partial charge is 0.222 e. The van der Waals surface area contributed by atoms with Crippen LogP contribution >= 0.6 is 0 Å². The standard InChI is InChI=1S/C20H30N2O2/c1-16-9-11-20(24,12-10-16)15-21-18(17-6-3-2-4-7-17)14-22-13-5-8-19(22)23/h2-4,6-7,16,18,21,24H,5,8-15H2,1H3. The maximum absolute atomic E-state index is 12.0. The van der Waals surface area contributed by atoms with Crippen LogP contribution in [0.4, 0.5) is 0 Å². The number of aliphatic hydroxyl groups is 1. The number of hydrogen-bond acceptors (Lipinski definition) is 3. The first-order chi connectivity index (χ1) is 11.6. The van der Waals surface area contributed by atoms with Crippen molar-refractivity contribution in [3.63, 3.8) is 0 Å². The predicted octanol–water partition coefficient (Wildman–Crippen LogP) is 2.88. The molecule has 1 unspecified atom stereocenters. The van der Waals surface area contributed by atoms with E-state index in [0.29, 0.717) is 19.5 Å². The van der Waals surface area contributed by atoms with Crippen molar-refractivity contribution < 1.29 is 9.90 Å². The Morgan fingerprint density at radius 3 is 2.62 bits per heavy atom. The highest BCUT2D eigenvalue weighted by Gasteiger charge is 2.33. The molecular formula is C20H30N2O2. The number of nitrogens with zero attached hydrogens (tertiary/aromatic N) is 1. The molecule has 2 fully saturated rings. The van der Waals surface area contributed by atoms with Crippen LogP contribution in [-0.4, -0.2) is 41.1 Å². The number of carbonyl (C=O) groups excluding carboxylic acids is 1. The topological polar surface area (TPSA) is 52.6 Å². The third kappa shape index (κ3) is 4.37. The lowest BCUT2D eigenvalue weighted by atomic mass is 9.79. The highest BCUT2D eigenvalue weighted by molar-refractivity contribution is 5.78. The van der Waals surface area contributed by atoms with Crippen LogP contribution in [0.1, 0.15) is 57.1 Å². The van der Waals surface area contributed by atoms with Gasteiger partial charge in [0.25, 0.3) is 0 Å². The average molecular weight is 330 g/mol. The molecule has 2 N–H and O–H groups in total. The van der Waals surface area contributed by atoms with Gasteiger partial charge in [-0.15, -0.1) is 0 Å². The summed E-state index contributed by atoms with van der Waals surface area (Å²) in [6, 6.07) is 10.4. The van der Waals surface area contributed by atoms with Gasteiger partial charge in [0.05, 0.1) is 5.60 Å². The number of carbonyl (C=O) groups is 1. The number of likely N-dealkylation sites (tertiary alicyclic amines) is 1. The van der Waals surface area contributed by atoms with Gasteiger partial charge < -0.3 is 15.3 Å². The lowest BCUT2D eigenvalue weighted by Crippen LogP contribution is -2.46. The van der Waals surface area contributed by atoms with Crippen LogP contribution in [0.2, 0.25) is 0 Å². The van der Waals surface area contributed by atoms with Crippen LogP contribution in [0.5, 0.6) is 0 Å². The molecule has 1 saturated carbocycles. The molecule has 1 heterocycles. The van der Waals surface area contributed by atoms with Crippen LogP contribution in [0.15, 0.2) is 30.3 Å². The van der Waals surface area contributed by atoms with Gasteiger partial charge in [0.2, 0.25) is 5.91 Å². The van der Waals surface area contributed by atoms with Gasteiger partial charge in [-0.2, -0.15) is 0 Å². The van der Waals surface area contributed by atoms with Gasteiger partial charge in [0, 0.05) is 32.1 Å². The summed E-state index contributed by atoms with van der Waals surface area (Å²) in [5, 5.41) is 14.4. The van der Waals surface area contributed by atoms with E-state index >= 15 is 0 Å². The molecule has 1 aromatic rings. The molecule has 0 bridgehead atoms. The van der Waals surface area contributed by atoms with Gasteiger partial charge in [-0.05, 0) is 43.6 Å². The second-order valence-corrected chi connectivity index (χ2v) is 7.69. The van der Waals surface area contributed by atoms with Crippen LogP contribution in [0.3, 0.4) is 0 Å². The van der Waals surface area contributed by atoms with E-state index in [9.17, 15) is 9.90 Å². The van der Waals surface area contributed by atoms with Gasteiger partial charge in [-0.3, -0.25) is 4.79 Å². The molecule has 132 valence electrons. The fraction of sp³-hybridized carbons (Fsp3) is 0.650. The third-order valence-electron chi connectivity index (χ3n) is 5.66. The number of hydrogen-bond donors (Lipinski definition) is 2. The summed E-state index contributed by atoms with van der Waals surface area (Å²) in [6.07, 6.45) is 5.56. The van der Waals surface area contributed by atoms with E-state index in [2.05, 4.69) is 24.4 Å².